The fourth-order valence-corrected chi connectivity index (χ4v) is 3.20. The molecule has 0 saturated carbocycles. The number of anilines is 1. The molecular formula is C13H18ClN3O4S. The third kappa shape index (κ3) is 4.01. The molecule has 1 N–H and O–H groups in total. The lowest BCUT2D eigenvalue weighted by atomic mass is 10.2. The van der Waals surface area contributed by atoms with Gasteiger partial charge in [0.15, 0.2) is 10.2 Å². The van der Waals surface area contributed by atoms with Crippen molar-refractivity contribution in [3.8, 4) is 0 Å². The largest absolute Gasteiger partial charge is 0.476 e. The van der Waals surface area contributed by atoms with Gasteiger partial charge in [-0.05, 0) is 20.8 Å². The van der Waals surface area contributed by atoms with Crippen LogP contribution >= 0.6 is 22.9 Å². The Hall–Kier alpha value is -1.54. The van der Waals surface area contributed by atoms with Crippen LogP contribution in [0.1, 0.15) is 31.3 Å². The smallest absolute Gasteiger partial charge is 0.410 e. The van der Waals surface area contributed by atoms with Crippen LogP contribution in [0.5, 0.6) is 0 Å². The van der Waals surface area contributed by atoms with E-state index in [2.05, 4.69) is 4.98 Å². The van der Waals surface area contributed by atoms with E-state index in [-0.39, 0.29) is 16.3 Å². The minimum atomic E-state index is -1.10. The van der Waals surface area contributed by atoms with Gasteiger partial charge >= 0.3 is 12.1 Å². The maximum atomic E-state index is 12.0. The molecule has 0 atom stereocenters. The maximum absolute atomic E-state index is 12.0. The normalized spacial score (nSPS) is 15.8. The minimum Gasteiger partial charge on any atom is -0.476 e. The van der Waals surface area contributed by atoms with Gasteiger partial charge in [0.05, 0.1) is 0 Å². The first-order valence-corrected chi connectivity index (χ1v) is 7.99. The van der Waals surface area contributed by atoms with Gasteiger partial charge in [-0.3, -0.25) is 0 Å². The quantitative estimate of drug-likeness (QED) is 0.885. The van der Waals surface area contributed by atoms with E-state index >= 15 is 0 Å². The van der Waals surface area contributed by atoms with Gasteiger partial charge in [-0.2, -0.15) is 0 Å². The lowest BCUT2D eigenvalue weighted by Crippen LogP contribution is -2.50. The predicted octanol–water partition coefficient (Wildman–Crippen LogP) is 2.55. The van der Waals surface area contributed by atoms with Gasteiger partial charge in [0.2, 0.25) is 0 Å². The molecule has 0 spiro atoms. The van der Waals surface area contributed by atoms with Gasteiger partial charge < -0.3 is 19.6 Å². The third-order valence-corrected chi connectivity index (χ3v) is 4.22. The molecule has 122 valence electrons. The molecule has 1 saturated heterocycles. The molecule has 1 aromatic heterocycles. The van der Waals surface area contributed by atoms with Crippen molar-refractivity contribution >= 4 is 40.0 Å². The number of halogens is 1. The Morgan fingerprint density at radius 3 is 2.36 bits per heavy atom. The first-order chi connectivity index (χ1) is 10.2. The molecule has 0 aromatic carbocycles. The summed E-state index contributed by atoms with van der Waals surface area (Å²) in [5.41, 5.74) is -0.573. The summed E-state index contributed by atoms with van der Waals surface area (Å²) in [7, 11) is 0. The molecular weight excluding hydrogens is 330 g/mol. The van der Waals surface area contributed by atoms with Crippen molar-refractivity contribution in [1.29, 1.82) is 0 Å². The summed E-state index contributed by atoms with van der Waals surface area (Å²) in [5.74, 6) is -1.10. The highest BCUT2D eigenvalue weighted by Gasteiger charge is 2.29. The zero-order valence-corrected chi connectivity index (χ0v) is 14.2. The number of carbonyl (C=O) groups excluding carboxylic acids is 1. The highest BCUT2D eigenvalue weighted by Crippen LogP contribution is 2.32. The molecule has 1 fully saturated rings. The molecule has 0 unspecified atom stereocenters. The Kier molecular flexibility index (Phi) is 4.81. The Bertz CT molecular complexity index is 576. The second-order valence-electron chi connectivity index (χ2n) is 5.88. The van der Waals surface area contributed by atoms with Crippen LogP contribution in [0.4, 0.5) is 9.80 Å². The van der Waals surface area contributed by atoms with E-state index in [1.807, 2.05) is 25.7 Å². The zero-order chi connectivity index (χ0) is 16.5. The SMILES string of the molecule is CC(C)(C)OC(=O)N1CCN(c2sc(Cl)nc2C(=O)O)CC1. The van der Waals surface area contributed by atoms with Crippen LogP contribution in [0.2, 0.25) is 4.47 Å². The number of aromatic carboxylic acids is 1. The molecule has 1 amide bonds. The van der Waals surface area contributed by atoms with E-state index in [1.54, 1.807) is 4.90 Å². The summed E-state index contributed by atoms with van der Waals surface area (Å²) in [6, 6.07) is 0. The molecule has 9 heteroatoms. The minimum absolute atomic E-state index is 0.0410. The van der Waals surface area contributed by atoms with Crippen molar-refractivity contribution in [2.75, 3.05) is 31.1 Å². The summed E-state index contributed by atoms with van der Waals surface area (Å²) in [6.07, 6.45) is -0.354. The summed E-state index contributed by atoms with van der Waals surface area (Å²) >= 11 is 6.95. The van der Waals surface area contributed by atoms with Crippen LogP contribution in [-0.4, -0.2) is 58.8 Å². The Balaban J connectivity index is 2.01. The second kappa shape index (κ2) is 6.29. The van der Waals surface area contributed by atoms with Crippen molar-refractivity contribution in [2.24, 2.45) is 0 Å². The number of aromatic nitrogens is 1. The van der Waals surface area contributed by atoms with Gasteiger partial charge in [0, 0.05) is 26.2 Å². The maximum Gasteiger partial charge on any atom is 0.410 e. The Morgan fingerprint density at radius 2 is 1.86 bits per heavy atom. The molecule has 0 bridgehead atoms. The molecule has 1 aliphatic rings. The standard InChI is InChI=1S/C13H18ClN3O4S/c1-13(2,3)21-12(20)17-6-4-16(5-7-17)9-8(10(18)19)15-11(14)22-9/h4-7H2,1-3H3,(H,18,19). The van der Waals surface area contributed by atoms with Gasteiger partial charge in [-0.15, -0.1) is 0 Å². The number of amides is 1. The number of ether oxygens (including phenoxy) is 1. The summed E-state index contributed by atoms with van der Waals surface area (Å²) in [4.78, 5) is 30.5. The number of carbonyl (C=O) groups is 2. The topological polar surface area (TPSA) is 83.0 Å². The second-order valence-corrected chi connectivity index (χ2v) is 7.44. The Labute approximate surface area is 137 Å². The van der Waals surface area contributed by atoms with E-state index in [1.165, 1.54) is 0 Å². The number of thiazole rings is 1. The van der Waals surface area contributed by atoms with Gasteiger partial charge in [-0.1, -0.05) is 22.9 Å². The van der Waals surface area contributed by atoms with Crippen molar-refractivity contribution in [3.63, 3.8) is 0 Å². The van der Waals surface area contributed by atoms with E-state index in [0.717, 1.165) is 11.3 Å². The molecule has 0 aliphatic carbocycles. The molecule has 1 aliphatic heterocycles. The average molecular weight is 348 g/mol. The number of carboxylic acid groups (broad SMARTS) is 1. The van der Waals surface area contributed by atoms with E-state index in [4.69, 9.17) is 21.4 Å². The van der Waals surface area contributed by atoms with Crippen LogP contribution in [-0.2, 0) is 4.74 Å². The fourth-order valence-electron chi connectivity index (χ4n) is 2.06. The van der Waals surface area contributed by atoms with Crippen molar-refractivity contribution in [1.82, 2.24) is 9.88 Å². The van der Waals surface area contributed by atoms with Gasteiger partial charge in [0.1, 0.15) is 10.6 Å². The van der Waals surface area contributed by atoms with Crippen LogP contribution in [0, 0.1) is 0 Å². The van der Waals surface area contributed by atoms with Crippen LogP contribution < -0.4 is 4.90 Å². The monoisotopic (exact) mass is 347 g/mol. The van der Waals surface area contributed by atoms with Gasteiger partial charge in [-0.25, -0.2) is 14.6 Å². The number of hydrogen-bond acceptors (Lipinski definition) is 6. The average Bonchev–Trinajstić information content (AvgIpc) is 2.79. The lowest BCUT2D eigenvalue weighted by Gasteiger charge is -2.36. The third-order valence-electron chi connectivity index (χ3n) is 3.00. The van der Waals surface area contributed by atoms with E-state index in [9.17, 15) is 9.59 Å². The number of piperazine rings is 1. The number of carboxylic acids is 1. The van der Waals surface area contributed by atoms with Crippen LogP contribution in [0.25, 0.3) is 0 Å². The lowest BCUT2D eigenvalue weighted by molar-refractivity contribution is 0.0240. The Morgan fingerprint density at radius 1 is 1.27 bits per heavy atom. The molecule has 7 nitrogen and oxygen atoms in total. The molecule has 2 rings (SSSR count). The summed E-state index contributed by atoms with van der Waals surface area (Å²) in [6.45, 7) is 7.40. The highest BCUT2D eigenvalue weighted by atomic mass is 35.5. The van der Waals surface area contributed by atoms with Crippen molar-refractivity contribution in [3.05, 3.63) is 10.2 Å². The van der Waals surface area contributed by atoms with E-state index in [0.29, 0.717) is 31.2 Å². The number of nitrogens with zero attached hydrogens (tertiary/aromatic N) is 3. The predicted molar refractivity (Wildman–Crippen MR) is 84.1 cm³/mol. The molecule has 1 aromatic rings. The summed E-state index contributed by atoms with van der Waals surface area (Å²) < 4.78 is 5.52. The van der Waals surface area contributed by atoms with Gasteiger partial charge in [0.25, 0.3) is 0 Å². The van der Waals surface area contributed by atoms with Crippen LogP contribution in [0.3, 0.4) is 0 Å². The molecule has 2 heterocycles. The number of hydrogen-bond donors (Lipinski definition) is 1. The highest BCUT2D eigenvalue weighted by molar-refractivity contribution is 7.19. The molecule has 22 heavy (non-hydrogen) atoms. The first-order valence-electron chi connectivity index (χ1n) is 6.80. The number of rotatable bonds is 2. The fraction of sp³-hybridized carbons (Fsp3) is 0.615. The van der Waals surface area contributed by atoms with Crippen molar-refractivity contribution < 1.29 is 19.4 Å². The molecule has 0 radical (unpaired) electrons. The first kappa shape index (κ1) is 16.8. The summed E-state index contributed by atoms with van der Waals surface area (Å²) in [5, 5.41) is 9.68. The van der Waals surface area contributed by atoms with Crippen LogP contribution in [0.15, 0.2) is 0 Å². The van der Waals surface area contributed by atoms with E-state index < -0.39 is 11.6 Å². The zero-order valence-electron chi connectivity index (χ0n) is 12.6. The van der Waals surface area contributed by atoms with Crippen molar-refractivity contribution in [2.45, 2.75) is 26.4 Å².